The van der Waals surface area contributed by atoms with Crippen molar-refractivity contribution in [3.8, 4) is 0 Å². The molecular formula is C8H11NO. The van der Waals surface area contributed by atoms with E-state index in [4.69, 9.17) is 0 Å². The van der Waals surface area contributed by atoms with E-state index < -0.39 is 0 Å². The quantitative estimate of drug-likeness (QED) is 0.619. The molecule has 1 heterocycles. The van der Waals surface area contributed by atoms with E-state index in [9.17, 15) is 4.79 Å². The van der Waals surface area contributed by atoms with Crippen LogP contribution in [0.25, 0.3) is 0 Å². The maximum Gasteiger partial charge on any atom is 0.161 e. The zero-order valence-electron chi connectivity index (χ0n) is 6.27. The van der Waals surface area contributed by atoms with Crippen LogP contribution < -0.4 is 0 Å². The van der Waals surface area contributed by atoms with Crippen molar-refractivity contribution in [2.45, 2.75) is 20.3 Å². The van der Waals surface area contributed by atoms with Crippen LogP contribution >= 0.6 is 0 Å². The molecular weight excluding hydrogens is 126 g/mol. The molecule has 0 aliphatic carbocycles. The first-order valence-corrected chi connectivity index (χ1v) is 3.43. The minimum atomic E-state index is 0.137. The molecule has 0 fully saturated rings. The molecule has 10 heavy (non-hydrogen) atoms. The lowest BCUT2D eigenvalue weighted by Gasteiger charge is -1.93. The molecule has 0 aliphatic rings. The lowest BCUT2D eigenvalue weighted by molar-refractivity contribution is 0.101. The highest BCUT2D eigenvalue weighted by molar-refractivity contribution is 5.95. The van der Waals surface area contributed by atoms with Crippen molar-refractivity contribution in [2.24, 2.45) is 0 Å². The summed E-state index contributed by atoms with van der Waals surface area (Å²) >= 11 is 0. The summed E-state index contributed by atoms with van der Waals surface area (Å²) in [6.07, 6.45) is 2.69. The Morgan fingerprint density at radius 2 is 2.40 bits per heavy atom. The van der Waals surface area contributed by atoms with Crippen molar-refractivity contribution >= 4 is 5.78 Å². The number of nitrogens with one attached hydrogen (secondary N) is 1. The van der Waals surface area contributed by atoms with Crippen LogP contribution in [0.5, 0.6) is 0 Å². The fourth-order valence-electron chi connectivity index (χ4n) is 1.03. The molecule has 2 nitrogen and oxygen atoms in total. The summed E-state index contributed by atoms with van der Waals surface area (Å²) in [4.78, 5) is 13.9. The van der Waals surface area contributed by atoms with Crippen LogP contribution in [0.2, 0.25) is 0 Å². The van der Waals surface area contributed by atoms with E-state index >= 15 is 0 Å². The van der Waals surface area contributed by atoms with Gasteiger partial charge >= 0.3 is 0 Å². The molecule has 0 aliphatic heterocycles. The number of Topliss-reactive ketones (excluding diaryl/α,β-unsaturated/α-hetero) is 1. The van der Waals surface area contributed by atoms with Crippen molar-refractivity contribution in [1.82, 2.24) is 4.98 Å². The Hall–Kier alpha value is -1.05. The van der Waals surface area contributed by atoms with Crippen LogP contribution in [-0.2, 0) is 6.42 Å². The number of aromatic amines is 1. The third-order valence-electron chi connectivity index (χ3n) is 1.57. The number of carbonyl (C=O) groups excluding carboxylic acids is 1. The maximum absolute atomic E-state index is 10.9. The molecule has 0 atom stereocenters. The SMILES string of the molecule is CCc1[nH]ccc1C(C)=O. The van der Waals surface area contributed by atoms with Gasteiger partial charge < -0.3 is 4.98 Å². The molecule has 1 aromatic heterocycles. The summed E-state index contributed by atoms with van der Waals surface area (Å²) in [5.41, 5.74) is 1.86. The van der Waals surface area contributed by atoms with E-state index in [0.29, 0.717) is 0 Å². The van der Waals surface area contributed by atoms with Crippen molar-refractivity contribution in [3.63, 3.8) is 0 Å². The number of H-pyrrole nitrogens is 1. The Labute approximate surface area is 60.3 Å². The summed E-state index contributed by atoms with van der Waals surface area (Å²) in [7, 11) is 0. The highest BCUT2D eigenvalue weighted by atomic mass is 16.1. The molecule has 1 N–H and O–H groups in total. The monoisotopic (exact) mass is 137 g/mol. The number of ketones is 1. The van der Waals surface area contributed by atoms with Gasteiger partial charge in [-0.15, -0.1) is 0 Å². The van der Waals surface area contributed by atoms with Crippen LogP contribution in [0.3, 0.4) is 0 Å². The molecule has 1 rings (SSSR count). The van der Waals surface area contributed by atoms with Crippen molar-refractivity contribution in [1.29, 1.82) is 0 Å². The largest absolute Gasteiger partial charge is 0.364 e. The van der Waals surface area contributed by atoms with Gasteiger partial charge in [-0.25, -0.2) is 0 Å². The van der Waals surface area contributed by atoms with Gasteiger partial charge in [0.25, 0.3) is 0 Å². The number of hydrogen-bond donors (Lipinski definition) is 1. The van der Waals surface area contributed by atoms with Crippen molar-refractivity contribution < 1.29 is 4.79 Å². The predicted octanol–water partition coefficient (Wildman–Crippen LogP) is 1.78. The van der Waals surface area contributed by atoms with Gasteiger partial charge in [-0.3, -0.25) is 4.79 Å². The topological polar surface area (TPSA) is 32.9 Å². The molecule has 0 radical (unpaired) electrons. The van der Waals surface area contributed by atoms with E-state index in [-0.39, 0.29) is 5.78 Å². The number of hydrogen-bond acceptors (Lipinski definition) is 1. The second-order valence-corrected chi connectivity index (χ2v) is 2.28. The van der Waals surface area contributed by atoms with E-state index in [0.717, 1.165) is 17.7 Å². The number of rotatable bonds is 2. The Bertz CT molecular complexity index is 237. The summed E-state index contributed by atoms with van der Waals surface area (Å²) in [6, 6.07) is 1.82. The predicted molar refractivity (Wildman–Crippen MR) is 40.2 cm³/mol. The van der Waals surface area contributed by atoms with Gasteiger partial charge in [0, 0.05) is 17.5 Å². The van der Waals surface area contributed by atoms with E-state index in [2.05, 4.69) is 4.98 Å². The number of aryl methyl sites for hydroxylation is 1. The molecule has 0 spiro atoms. The van der Waals surface area contributed by atoms with Gasteiger partial charge in [-0.05, 0) is 19.4 Å². The molecule has 1 aromatic rings. The van der Waals surface area contributed by atoms with Crippen LogP contribution in [0.1, 0.15) is 29.9 Å². The molecule has 2 heteroatoms. The first kappa shape index (κ1) is 7.06. The smallest absolute Gasteiger partial charge is 0.161 e. The van der Waals surface area contributed by atoms with E-state index in [1.165, 1.54) is 0 Å². The molecule has 0 amide bonds. The van der Waals surface area contributed by atoms with Gasteiger partial charge in [0.05, 0.1) is 0 Å². The average molecular weight is 137 g/mol. The van der Waals surface area contributed by atoms with Crippen LogP contribution in [-0.4, -0.2) is 10.8 Å². The lowest BCUT2D eigenvalue weighted by Crippen LogP contribution is -1.94. The minimum Gasteiger partial charge on any atom is -0.364 e. The zero-order chi connectivity index (χ0) is 7.56. The summed E-state index contributed by atoms with van der Waals surface area (Å²) in [5.74, 6) is 0.137. The Kier molecular flexibility index (Phi) is 1.90. The molecule has 0 saturated heterocycles. The van der Waals surface area contributed by atoms with Crippen LogP contribution in [0.15, 0.2) is 12.3 Å². The van der Waals surface area contributed by atoms with Gasteiger partial charge in [0.1, 0.15) is 0 Å². The molecule has 0 bridgehead atoms. The van der Waals surface area contributed by atoms with Crippen molar-refractivity contribution in [3.05, 3.63) is 23.5 Å². The van der Waals surface area contributed by atoms with Crippen LogP contribution in [0, 0.1) is 0 Å². The number of aromatic nitrogens is 1. The summed E-state index contributed by atoms with van der Waals surface area (Å²) < 4.78 is 0. The van der Waals surface area contributed by atoms with Gasteiger partial charge in [0.15, 0.2) is 5.78 Å². The summed E-state index contributed by atoms with van der Waals surface area (Å²) in [5, 5.41) is 0. The first-order chi connectivity index (χ1) is 4.75. The van der Waals surface area contributed by atoms with Gasteiger partial charge in [0.2, 0.25) is 0 Å². The standard InChI is InChI=1S/C8H11NO/c1-3-8-7(6(2)10)4-5-9-8/h4-5,9H,3H2,1-2H3. The van der Waals surface area contributed by atoms with Gasteiger partial charge in [-0.1, -0.05) is 6.92 Å². The number of carbonyl (C=O) groups is 1. The second kappa shape index (κ2) is 2.69. The van der Waals surface area contributed by atoms with E-state index in [1.807, 2.05) is 13.0 Å². The zero-order valence-corrected chi connectivity index (χ0v) is 6.27. The third kappa shape index (κ3) is 1.10. The highest BCUT2D eigenvalue weighted by Gasteiger charge is 2.04. The minimum absolute atomic E-state index is 0.137. The Morgan fingerprint density at radius 3 is 2.80 bits per heavy atom. The maximum atomic E-state index is 10.9. The second-order valence-electron chi connectivity index (χ2n) is 2.28. The van der Waals surface area contributed by atoms with Crippen molar-refractivity contribution in [2.75, 3.05) is 0 Å². The average Bonchev–Trinajstić information content (AvgIpc) is 2.33. The normalized spacial score (nSPS) is 9.80. The summed E-state index contributed by atoms with van der Waals surface area (Å²) in [6.45, 7) is 3.61. The Balaban J connectivity index is 3.01. The highest BCUT2D eigenvalue weighted by Crippen LogP contribution is 2.07. The first-order valence-electron chi connectivity index (χ1n) is 3.43. The van der Waals surface area contributed by atoms with Gasteiger partial charge in [-0.2, -0.15) is 0 Å². The fourth-order valence-corrected chi connectivity index (χ4v) is 1.03. The molecule has 54 valence electrons. The fraction of sp³-hybridized carbons (Fsp3) is 0.375. The Morgan fingerprint density at radius 1 is 1.70 bits per heavy atom. The molecule has 0 unspecified atom stereocenters. The molecule has 0 saturated carbocycles. The lowest BCUT2D eigenvalue weighted by atomic mass is 10.1. The molecule has 0 aromatic carbocycles. The van der Waals surface area contributed by atoms with E-state index in [1.54, 1.807) is 13.1 Å². The third-order valence-corrected chi connectivity index (χ3v) is 1.57. The van der Waals surface area contributed by atoms with Crippen LogP contribution in [0.4, 0.5) is 0 Å².